The van der Waals surface area contributed by atoms with Crippen molar-refractivity contribution in [1.82, 2.24) is 0 Å². The maximum Gasteiger partial charge on any atom is 0.319 e. The van der Waals surface area contributed by atoms with Gasteiger partial charge >= 0.3 is 17.9 Å². The third-order valence-corrected chi connectivity index (χ3v) is 22.5. The summed E-state index contributed by atoms with van der Waals surface area (Å²) in [4.78, 5) is 127. The first-order chi connectivity index (χ1) is 56.1. The Bertz CT molecular complexity index is 5410. The number of hydrogen-bond acceptors (Lipinski definition) is 22. The molecule has 0 aliphatic carbocycles. The summed E-state index contributed by atoms with van der Waals surface area (Å²) >= 11 is 14.0. The molecule has 8 aliphatic heterocycles. The SMILES string of the molecule is CC(CON=C1/C(=C2/C(=O)Nc3cc(Br)ccc32)Nc2ccccc21)(CON=C1/C(=C2/C(=O)Nc3cc(Br)ccc32)Nc2ccccc21)C(=O)OCC(C)(COC(=O)C(C)(CON=C1/C(=C2/C(=O)Nc3cc(Br)ccc32)Nc2ccccc21)CON=C1/C(=C2/C(=O)Nc3cc(Br)ccc32)Nc2ccccc21)C(=O)OCc1ccccc1. The second-order valence-electron chi connectivity index (χ2n) is 29.0. The number of ether oxygens (including phenoxy) is 3. The molecule has 9 aromatic rings. The molecule has 17 rings (SSSR count). The largest absolute Gasteiger partial charge is 0.464 e. The van der Waals surface area contributed by atoms with Gasteiger partial charge in [0.05, 0.1) is 67.8 Å². The van der Waals surface area contributed by atoms with E-state index in [4.69, 9.17) is 33.6 Å². The first-order valence-corrected chi connectivity index (χ1v) is 39.5. The molecule has 0 atom stereocenters. The molecule has 0 bridgehead atoms. The summed E-state index contributed by atoms with van der Waals surface area (Å²) in [6.45, 7) is 0.135. The number of hydrogen-bond donors (Lipinski definition) is 8. The molecule has 8 N–H and O–H groups in total. The summed E-state index contributed by atoms with van der Waals surface area (Å²) in [6.07, 6.45) is 0. The first-order valence-electron chi connectivity index (χ1n) is 36.3. The predicted molar refractivity (Wildman–Crippen MR) is 451 cm³/mol. The molecule has 0 saturated heterocycles. The van der Waals surface area contributed by atoms with E-state index in [1.807, 2.05) is 72.8 Å². The summed E-state index contributed by atoms with van der Waals surface area (Å²) in [5.74, 6) is -4.59. The van der Waals surface area contributed by atoms with E-state index in [2.05, 4.69) is 127 Å². The Morgan fingerprint density at radius 2 is 0.543 bits per heavy atom. The Morgan fingerprint density at radius 1 is 0.293 bits per heavy atom. The fourth-order valence-electron chi connectivity index (χ4n) is 14.3. The maximum atomic E-state index is 15.6. The number of para-hydroxylation sites is 4. The second-order valence-corrected chi connectivity index (χ2v) is 32.7. The molecule has 30 heteroatoms. The maximum absolute atomic E-state index is 15.6. The van der Waals surface area contributed by atoms with Gasteiger partial charge in [-0.1, -0.05) is 212 Å². The van der Waals surface area contributed by atoms with Gasteiger partial charge in [0.2, 0.25) is 0 Å². The number of benzene rings is 9. The van der Waals surface area contributed by atoms with Crippen molar-refractivity contribution in [3.63, 3.8) is 0 Å². The van der Waals surface area contributed by atoms with Crippen LogP contribution in [0.5, 0.6) is 0 Å². The van der Waals surface area contributed by atoms with E-state index in [0.717, 1.165) is 17.9 Å². The van der Waals surface area contributed by atoms with E-state index in [1.165, 1.54) is 20.8 Å². The van der Waals surface area contributed by atoms with Crippen LogP contribution in [0.25, 0.3) is 22.3 Å². The molecule has 9 aromatic carbocycles. The number of esters is 3. The van der Waals surface area contributed by atoms with Crippen LogP contribution in [-0.2, 0) is 73.7 Å². The number of nitrogens with zero attached hydrogens (tertiary/aromatic N) is 4. The molecule has 116 heavy (non-hydrogen) atoms. The average molecular weight is 1810 g/mol. The van der Waals surface area contributed by atoms with Crippen molar-refractivity contribution in [2.24, 2.45) is 36.9 Å². The molecule has 26 nitrogen and oxygen atoms in total. The van der Waals surface area contributed by atoms with Gasteiger partial charge < -0.3 is 76.1 Å². The van der Waals surface area contributed by atoms with Gasteiger partial charge in [0.25, 0.3) is 23.6 Å². The lowest BCUT2D eigenvalue weighted by Crippen LogP contribution is -2.46. The number of rotatable bonds is 21. The van der Waals surface area contributed by atoms with Crippen LogP contribution in [0.2, 0.25) is 0 Å². The Hall–Kier alpha value is -12.8. The highest BCUT2D eigenvalue weighted by Crippen LogP contribution is 2.46. The third-order valence-electron chi connectivity index (χ3n) is 20.5. The van der Waals surface area contributed by atoms with E-state index in [1.54, 1.807) is 127 Å². The van der Waals surface area contributed by atoms with E-state index in [9.17, 15) is 19.2 Å². The zero-order valence-electron chi connectivity index (χ0n) is 61.5. The van der Waals surface area contributed by atoms with Crippen molar-refractivity contribution in [2.75, 3.05) is 82.2 Å². The standard InChI is InChI=1S/C86H64Br4N12O14/c1-84(81(107)110-37-44-15-5-4-6-16-44,38-111-82(108)85(2,40-113-99-69-53-17-7-11-21-57(53)91-73(69)65-49-29-25-45(87)33-61(49)95-77(65)103)41-114-100-70-54-18-8-12-22-58(54)92-74(70)66-50-30-26-46(88)34-62(50)96-78(66)104)39-112-83(109)86(3,42-115-101-71-55-19-9-13-23-59(55)93-75(71)67-51-31-27-47(89)35-63(51)97-79(67)105)43-116-102-72-56-20-10-14-24-60(56)94-76(72)68-52-32-28-48(90)36-64(52)98-80(68)106/h4-36,91-94H,37-43H2,1-3H3,(H,95,103)(H,96,104)(H,97,105)(H,98,106)/b73-65-,74-66-,75-67-,76-68-,99-69?,100-70?,101-71?,102-72?. The van der Waals surface area contributed by atoms with Gasteiger partial charge in [0.15, 0.2) is 0 Å². The molecular formula is C86H64Br4N12O14. The molecule has 0 radical (unpaired) electrons. The zero-order chi connectivity index (χ0) is 80.3. The fourth-order valence-corrected chi connectivity index (χ4v) is 15.8. The number of anilines is 8. The van der Waals surface area contributed by atoms with Crippen LogP contribution in [-0.4, -0.2) is 104 Å². The monoisotopic (exact) mass is 1800 g/mol. The molecule has 0 fully saturated rings. The number of carbonyl (C=O) groups is 7. The van der Waals surface area contributed by atoms with Crippen LogP contribution in [0.4, 0.5) is 45.5 Å². The average Bonchev–Trinajstić information content (AvgIpc) is 1.62. The van der Waals surface area contributed by atoms with Crippen molar-refractivity contribution < 1.29 is 67.1 Å². The highest BCUT2D eigenvalue weighted by atomic mass is 79.9. The van der Waals surface area contributed by atoms with Gasteiger partial charge in [-0.25, -0.2) is 0 Å². The molecular weight excluding hydrogens is 1740 g/mol. The van der Waals surface area contributed by atoms with E-state index < -0.39 is 97.4 Å². The van der Waals surface area contributed by atoms with E-state index in [-0.39, 0.29) is 51.7 Å². The van der Waals surface area contributed by atoms with Gasteiger partial charge in [-0.2, -0.15) is 0 Å². The van der Waals surface area contributed by atoms with Gasteiger partial charge in [-0.3, -0.25) is 33.6 Å². The van der Waals surface area contributed by atoms with Crippen molar-refractivity contribution in [3.8, 4) is 0 Å². The lowest BCUT2D eigenvalue weighted by molar-refractivity contribution is -0.182. The van der Waals surface area contributed by atoms with E-state index >= 15 is 14.4 Å². The Kier molecular flexibility index (Phi) is 20.2. The van der Waals surface area contributed by atoms with Gasteiger partial charge in [-0.15, -0.1) is 0 Å². The van der Waals surface area contributed by atoms with Crippen LogP contribution < -0.4 is 42.5 Å². The molecule has 0 saturated carbocycles. The van der Waals surface area contributed by atoms with Crippen LogP contribution in [0, 0.1) is 16.2 Å². The molecule has 4 amide bonds. The number of carbonyl (C=O) groups excluding carboxylic acids is 7. The minimum Gasteiger partial charge on any atom is -0.464 e. The summed E-state index contributed by atoms with van der Waals surface area (Å²) in [5.41, 5.74) is 7.47. The second kappa shape index (κ2) is 30.9. The molecule has 0 unspecified atom stereocenters. The number of fused-ring (bicyclic) bond motifs is 8. The normalized spacial score (nSPS) is 20.3. The number of amides is 4. The van der Waals surface area contributed by atoms with Crippen LogP contribution in [0.15, 0.2) is 261 Å². The van der Waals surface area contributed by atoms with E-state index in [0.29, 0.717) is 118 Å². The minimum atomic E-state index is -2.03. The highest BCUT2D eigenvalue weighted by molar-refractivity contribution is 9.11. The van der Waals surface area contributed by atoms with Crippen molar-refractivity contribution in [1.29, 1.82) is 0 Å². The lowest BCUT2D eigenvalue weighted by atomic mass is 9.90. The number of halogens is 4. The highest BCUT2D eigenvalue weighted by Gasteiger charge is 2.48. The van der Waals surface area contributed by atoms with Crippen LogP contribution >= 0.6 is 63.7 Å². The predicted octanol–water partition coefficient (Wildman–Crippen LogP) is 15.7. The van der Waals surface area contributed by atoms with Crippen LogP contribution in [0.1, 0.15) is 70.8 Å². The quantitative estimate of drug-likeness (QED) is 0.0143. The molecule has 580 valence electrons. The number of allylic oxidation sites excluding steroid dienone is 4. The Balaban J connectivity index is 0.707. The first kappa shape index (κ1) is 75.9. The molecule has 0 spiro atoms. The summed E-state index contributed by atoms with van der Waals surface area (Å²) < 4.78 is 21.6. The fraction of sp³-hybridized carbons (Fsp3) is 0.151. The number of nitrogens with one attached hydrogen (secondary N) is 8. The van der Waals surface area contributed by atoms with Crippen molar-refractivity contribution >= 4 is 196 Å². The van der Waals surface area contributed by atoms with Gasteiger partial charge in [0.1, 0.15) is 85.3 Å². The summed E-state index contributed by atoms with van der Waals surface area (Å²) in [7, 11) is 0. The molecule has 0 aromatic heterocycles. The van der Waals surface area contributed by atoms with Gasteiger partial charge in [-0.05, 0) is 99.1 Å². The molecule has 8 heterocycles. The van der Waals surface area contributed by atoms with Crippen LogP contribution in [0.3, 0.4) is 0 Å². The summed E-state index contributed by atoms with van der Waals surface area (Å²) in [5, 5.41) is 43.9. The third kappa shape index (κ3) is 14.3. The van der Waals surface area contributed by atoms with Crippen molar-refractivity contribution in [3.05, 3.63) is 291 Å². The smallest absolute Gasteiger partial charge is 0.319 e. The summed E-state index contributed by atoms with van der Waals surface area (Å²) in [6, 6.07) is 59.4. The van der Waals surface area contributed by atoms with Crippen molar-refractivity contribution in [2.45, 2.75) is 27.4 Å². The zero-order valence-corrected chi connectivity index (χ0v) is 67.9. The van der Waals surface area contributed by atoms with Gasteiger partial charge in [0, 0.05) is 85.1 Å². The lowest BCUT2D eigenvalue weighted by Gasteiger charge is -2.31. The number of oxime groups is 4. The molecule has 8 aliphatic rings. The topological polar surface area (TPSA) is 330 Å². The Labute approximate surface area is 695 Å². The Morgan fingerprint density at radius 3 is 0.828 bits per heavy atom. The minimum absolute atomic E-state index is 0.227.